The van der Waals surface area contributed by atoms with Crippen LogP contribution in [-0.2, 0) is 20.2 Å². The van der Waals surface area contributed by atoms with Crippen molar-refractivity contribution in [3.63, 3.8) is 0 Å². The third-order valence-corrected chi connectivity index (χ3v) is 19.5. The maximum atomic E-state index is 7.37. The number of ether oxygens (including phenoxy) is 1. The van der Waals surface area contributed by atoms with Gasteiger partial charge in [-0.05, 0) is 39.1 Å². The van der Waals surface area contributed by atoms with Crippen LogP contribution in [0.1, 0.15) is 47.1 Å². The Hall–Kier alpha value is -1.68. The second-order valence-corrected chi connectivity index (χ2v) is 23.9. The number of rotatable bonds is 10. The standard InChI is InChI=1S/C34H48O3SSi2/c1-33(2,3)39(7,8)37-30-26-38-31(32(30)35-24-27-18-12-9-13-19-27)25-36-40(34(4,5)6,28-20-14-10-15-21-28)29-22-16-11-17-23-29/h9-23,30-32H,24-26H2,1-8H3/t30-,31-,32+/m1/s1. The zero-order valence-electron chi connectivity index (χ0n) is 25.6. The lowest BCUT2D eigenvalue weighted by molar-refractivity contribution is -0.0302. The van der Waals surface area contributed by atoms with Crippen molar-refractivity contribution in [2.75, 3.05) is 12.4 Å². The first-order valence-electron chi connectivity index (χ1n) is 14.6. The van der Waals surface area contributed by atoms with Gasteiger partial charge in [-0.15, -0.1) is 0 Å². The third kappa shape index (κ3) is 6.85. The summed E-state index contributed by atoms with van der Waals surface area (Å²) in [5.41, 5.74) is 1.19. The van der Waals surface area contributed by atoms with Crippen molar-refractivity contribution in [1.82, 2.24) is 0 Å². The summed E-state index contributed by atoms with van der Waals surface area (Å²) in [6.07, 6.45) is 0.0277. The molecule has 4 rings (SSSR count). The summed E-state index contributed by atoms with van der Waals surface area (Å²) in [6.45, 7) is 19.9. The number of hydrogen-bond acceptors (Lipinski definition) is 4. The molecule has 216 valence electrons. The Morgan fingerprint density at radius 2 is 1.23 bits per heavy atom. The Morgan fingerprint density at radius 3 is 1.70 bits per heavy atom. The van der Waals surface area contributed by atoms with Crippen molar-refractivity contribution in [3.8, 4) is 0 Å². The van der Waals surface area contributed by atoms with E-state index in [-0.39, 0.29) is 27.5 Å². The average molecular weight is 593 g/mol. The highest BCUT2D eigenvalue weighted by atomic mass is 32.2. The molecule has 1 aliphatic rings. The van der Waals surface area contributed by atoms with Gasteiger partial charge < -0.3 is 13.6 Å². The molecule has 0 aromatic heterocycles. The average Bonchev–Trinajstić information content (AvgIpc) is 3.28. The fourth-order valence-corrected chi connectivity index (χ4v) is 12.9. The zero-order valence-corrected chi connectivity index (χ0v) is 28.5. The monoisotopic (exact) mass is 592 g/mol. The largest absolute Gasteiger partial charge is 0.410 e. The molecule has 0 unspecified atom stereocenters. The third-order valence-electron chi connectivity index (χ3n) is 8.63. The number of benzene rings is 3. The van der Waals surface area contributed by atoms with Crippen LogP contribution in [0.25, 0.3) is 0 Å². The Morgan fingerprint density at radius 1 is 0.725 bits per heavy atom. The fourth-order valence-electron chi connectivity index (χ4n) is 5.40. The summed E-state index contributed by atoms with van der Waals surface area (Å²) in [7, 11) is -4.60. The van der Waals surface area contributed by atoms with Gasteiger partial charge in [-0.2, -0.15) is 11.8 Å². The minimum Gasteiger partial charge on any atom is -0.410 e. The minimum atomic E-state index is -2.63. The number of thioether (sulfide) groups is 1. The molecule has 0 saturated carbocycles. The Labute approximate surface area is 249 Å². The molecule has 0 amide bonds. The highest BCUT2D eigenvalue weighted by molar-refractivity contribution is 8.00. The fraction of sp³-hybridized carbons (Fsp3) is 0.471. The van der Waals surface area contributed by atoms with Crippen molar-refractivity contribution in [1.29, 1.82) is 0 Å². The van der Waals surface area contributed by atoms with E-state index >= 15 is 0 Å². The van der Waals surface area contributed by atoms with Crippen molar-refractivity contribution in [3.05, 3.63) is 96.6 Å². The molecule has 3 aromatic rings. The molecule has 0 bridgehead atoms. The van der Waals surface area contributed by atoms with Crippen LogP contribution in [0.4, 0.5) is 0 Å². The van der Waals surface area contributed by atoms with Crippen molar-refractivity contribution < 1.29 is 13.6 Å². The molecule has 0 radical (unpaired) electrons. The van der Waals surface area contributed by atoms with Crippen LogP contribution in [0.15, 0.2) is 91.0 Å². The predicted octanol–water partition coefficient (Wildman–Crippen LogP) is 7.65. The molecular weight excluding hydrogens is 545 g/mol. The quantitative estimate of drug-likeness (QED) is 0.226. The lowest BCUT2D eigenvalue weighted by Crippen LogP contribution is -2.67. The molecule has 1 aliphatic heterocycles. The van der Waals surface area contributed by atoms with Gasteiger partial charge in [0.25, 0.3) is 8.32 Å². The van der Waals surface area contributed by atoms with Gasteiger partial charge in [-0.1, -0.05) is 133 Å². The Balaban J connectivity index is 1.65. The maximum Gasteiger partial charge on any atom is 0.261 e. The highest BCUT2D eigenvalue weighted by Crippen LogP contribution is 2.43. The molecule has 40 heavy (non-hydrogen) atoms. The molecule has 0 aliphatic carbocycles. The van der Waals surface area contributed by atoms with Crippen molar-refractivity contribution in [2.24, 2.45) is 0 Å². The smallest absolute Gasteiger partial charge is 0.261 e. The summed E-state index contributed by atoms with van der Waals surface area (Å²) < 4.78 is 21.1. The SMILES string of the molecule is CC(C)(C)[Si](C)(C)O[C@@H]1CS[C@H](CO[Si](c2ccccc2)(c2ccccc2)C(C)(C)C)[C@H]1OCc1ccccc1. The van der Waals surface area contributed by atoms with Gasteiger partial charge in [-0.3, -0.25) is 0 Å². The van der Waals surface area contributed by atoms with E-state index in [1.165, 1.54) is 15.9 Å². The van der Waals surface area contributed by atoms with E-state index in [1.807, 2.05) is 11.8 Å². The molecule has 1 heterocycles. The van der Waals surface area contributed by atoms with Gasteiger partial charge >= 0.3 is 0 Å². The van der Waals surface area contributed by atoms with E-state index in [0.717, 1.165) is 5.75 Å². The molecular formula is C34H48O3SSi2. The van der Waals surface area contributed by atoms with Gasteiger partial charge in [0.2, 0.25) is 0 Å². The molecule has 0 N–H and O–H groups in total. The minimum absolute atomic E-state index is 0.0300. The molecule has 0 spiro atoms. The summed E-state index contributed by atoms with van der Waals surface area (Å²) in [6, 6.07) is 32.3. The first-order valence-corrected chi connectivity index (χ1v) is 20.4. The van der Waals surface area contributed by atoms with E-state index in [9.17, 15) is 0 Å². The van der Waals surface area contributed by atoms with Gasteiger partial charge in [0, 0.05) is 12.4 Å². The van der Waals surface area contributed by atoms with Crippen molar-refractivity contribution in [2.45, 2.75) is 88.8 Å². The molecule has 1 fully saturated rings. The van der Waals surface area contributed by atoms with Gasteiger partial charge in [0.15, 0.2) is 8.32 Å². The lowest BCUT2D eigenvalue weighted by atomic mass is 10.1. The summed E-state index contributed by atoms with van der Waals surface area (Å²) >= 11 is 1.96. The first kappa shape index (κ1) is 31.3. The molecule has 3 nitrogen and oxygen atoms in total. The zero-order chi connectivity index (χ0) is 29.0. The van der Waals surface area contributed by atoms with E-state index in [2.05, 4.69) is 146 Å². The topological polar surface area (TPSA) is 27.7 Å². The van der Waals surface area contributed by atoms with Crippen LogP contribution < -0.4 is 10.4 Å². The van der Waals surface area contributed by atoms with Gasteiger partial charge in [-0.25, -0.2) is 0 Å². The van der Waals surface area contributed by atoms with E-state index in [1.54, 1.807) is 0 Å². The molecule has 6 heteroatoms. The first-order chi connectivity index (χ1) is 18.9. The molecule has 1 saturated heterocycles. The second-order valence-electron chi connectivity index (χ2n) is 13.5. The van der Waals surface area contributed by atoms with Gasteiger partial charge in [0.05, 0.1) is 24.1 Å². The van der Waals surface area contributed by atoms with E-state index in [0.29, 0.717) is 13.2 Å². The van der Waals surface area contributed by atoms with Crippen LogP contribution in [0.3, 0.4) is 0 Å². The van der Waals surface area contributed by atoms with Crippen LogP contribution in [0.5, 0.6) is 0 Å². The second kappa shape index (κ2) is 12.7. The summed E-state index contributed by atoms with van der Waals surface area (Å²) in [5.74, 6) is 0.931. The number of hydrogen-bond donors (Lipinski definition) is 0. The maximum absolute atomic E-state index is 7.37. The van der Waals surface area contributed by atoms with Crippen LogP contribution in [0.2, 0.25) is 23.2 Å². The highest BCUT2D eigenvalue weighted by Gasteiger charge is 2.52. The molecule has 3 aromatic carbocycles. The van der Waals surface area contributed by atoms with Crippen LogP contribution in [0, 0.1) is 0 Å². The lowest BCUT2D eigenvalue weighted by Gasteiger charge is -2.44. The van der Waals surface area contributed by atoms with Crippen LogP contribution in [-0.4, -0.2) is 46.5 Å². The van der Waals surface area contributed by atoms with E-state index in [4.69, 9.17) is 13.6 Å². The summed E-state index contributed by atoms with van der Waals surface area (Å²) in [5, 5.41) is 2.90. The molecule has 3 atom stereocenters. The Bertz CT molecular complexity index is 1150. The summed E-state index contributed by atoms with van der Waals surface area (Å²) in [4.78, 5) is 0. The van der Waals surface area contributed by atoms with Gasteiger partial charge in [0.1, 0.15) is 0 Å². The van der Waals surface area contributed by atoms with Crippen LogP contribution >= 0.6 is 11.8 Å². The van der Waals surface area contributed by atoms with Crippen molar-refractivity contribution >= 4 is 38.8 Å². The predicted molar refractivity (Wildman–Crippen MR) is 177 cm³/mol. The van der Waals surface area contributed by atoms with E-state index < -0.39 is 16.6 Å². The normalized spacial score (nSPS) is 20.6. The Kier molecular flexibility index (Phi) is 9.91.